The molecule has 1 amide bonds. The zero-order valence-corrected chi connectivity index (χ0v) is 13.6. The van der Waals surface area contributed by atoms with Gasteiger partial charge in [-0.25, -0.2) is 0 Å². The Morgan fingerprint density at radius 3 is 2.74 bits per heavy atom. The Bertz CT molecular complexity index is 702. The van der Waals surface area contributed by atoms with E-state index in [0.29, 0.717) is 28.8 Å². The number of aromatic nitrogens is 1. The molecule has 0 unspecified atom stereocenters. The number of nitrogens with one attached hydrogen (secondary N) is 1. The molecular formula is C17H17ClN2O3. The molecule has 0 saturated heterocycles. The third-order valence-electron chi connectivity index (χ3n) is 2.92. The lowest BCUT2D eigenvalue weighted by Gasteiger charge is -2.11. The number of nitrogens with zero attached hydrogens (tertiary/aromatic N) is 1. The van der Waals surface area contributed by atoms with Crippen molar-refractivity contribution in [3.8, 4) is 11.5 Å². The molecule has 1 N–H and O–H groups in total. The fraction of sp³-hybridized carbons (Fsp3) is 0.176. The molecule has 0 aliphatic rings. The number of pyridine rings is 1. The summed E-state index contributed by atoms with van der Waals surface area (Å²) < 4.78 is 10.7. The third kappa shape index (κ3) is 4.72. The summed E-state index contributed by atoms with van der Waals surface area (Å²) in [5, 5.41) is 3.16. The maximum Gasteiger partial charge on any atom is 0.248 e. The molecular weight excluding hydrogens is 316 g/mol. The normalized spacial score (nSPS) is 10.6. The summed E-state index contributed by atoms with van der Waals surface area (Å²) in [6, 6.07) is 6.89. The predicted molar refractivity (Wildman–Crippen MR) is 91.1 cm³/mol. The number of amides is 1. The molecule has 0 fully saturated rings. The van der Waals surface area contributed by atoms with Crippen LogP contribution < -0.4 is 14.8 Å². The highest BCUT2D eigenvalue weighted by molar-refractivity contribution is 6.32. The molecule has 0 aliphatic carbocycles. The third-order valence-corrected chi connectivity index (χ3v) is 3.20. The van der Waals surface area contributed by atoms with Crippen molar-refractivity contribution in [1.82, 2.24) is 4.98 Å². The van der Waals surface area contributed by atoms with Gasteiger partial charge >= 0.3 is 0 Å². The maximum atomic E-state index is 11.9. The van der Waals surface area contributed by atoms with Gasteiger partial charge in [0.2, 0.25) is 5.91 Å². The van der Waals surface area contributed by atoms with Crippen LogP contribution in [0, 0.1) is 0 Å². The van der Waals surface area contributed by atoms with E-state index in [0.717, 1.165) is 5.56 Å². The second-order valence-electron chi connectivity index (χ2n) is 4.53. The zero-order chi connectivity index (χ0) is 16.7. The lowest BCUT2D eigenvalue weighted by molar-refractivity contribution is -0.111. The second-order valence-corrected chi connectivity index (χ2v) is 4.93. The van der Waals surface area contributed by atoms with Gasteiger partial charge in [-0.1, -0.05) is 11.6 Å². The molecule has 23 heavy (non-hydrogen) atoms. The summed E-state index contributed by atoms with van der Waals surface area (Å²) in [4.78, 5) is 15.8. The smallest absolute Gasteiger partial charge is 0.248 e. The average molecular weight is 333 g/mol. The molecule has 0 radical (unpaired) electrons. The van der Waals surface area contributed by atoms with Crippen LogP contribution in [-0.4, -0.2) is 24.6 Å². The van der Waals surface area contributed by atoms with E-state index in [1.54, 1.807) is 42.7 Å². The van der Waals surface area contributed by atoms with E-state index in [1.165, 1.54) is 13.2 Å². The molecule has 0 saturated carbocycles. The topological polar surface area (TPSA) is 60.5 Å². The molecule has 0 spiro atoms. The van der Waals surface area contributed by atoms with Gasteiger partial charge in [0.15, 0.2) is 11.5 Å². The number of anilines is 1. The summed E-state index contributed by atoms with van der Waals surface area (Å²) in [5.41, 5.74) is 1.41. The molecule has 2 aromatic rings. The lowest BCUT2D eigenvalue weighted by atomic mass is 10.2. The molecule has 0 bridgehead atoms. The van der Waals surface area contributed by atoms with Gasteiger partial charge in [-0.15, -0.1) is 0 Å². The van der Waals surface area contributed by atoms with Crippen molar-refractivity contribution in [3.05, 3.63) is 53.3 Å². The van der Waals surface area contributed by atoms with Gasteiger partial charge in [-0.05, 0) is 42.8 Å². The Kier molecular flexibility index (Phi) is 6.00. The van der Waals surface area contributed by atoms with Gasteiger partial charge in [-0.2, -0.15) is 0 Å². The van der Waals surface area contributed by atoms with Crippen LogP contribution in [-0.2, 0) is 4.79 Å². The Balaban J connectivity index is 2.13. The Morgan fingerprint density at radius 1 is 1.35 bits per heavy atom. The minimum atomic E-state index is -0.250. The average Bonchev–Trinajstić information content (AvgIpc) is 2.56. The number of benzene rings is 1. The first kappa shape index (κ1) is 16.8. The van der Waals surface area contributed by atoms with Crippen LogP contribution >= 0.6 is 11.6 Å². The van der Waals surface area contributed by atoms with Crippen LogP contribution in [0.3, 0.4) is 0 Å². The fourth-order valence-electron chi connectivity index (χ4n) is 1.91. The molecule has 1 aromatic heterocycles. The van der Waals surface area contributed by atoms with E-state index in [-0.39, 0.29) is 5.91 Å². The summed E-state index contributed by atoms with van der Waals surface area (Å²) in [7, 11) is 1.54. The van der Waals surface area contributed by atoms with Gasteiger partial charge in [0.25, 0.3) is 0 Å². The van der Waals surface area contributed by atoms with Crippen molar-refractivity contribution in [3.63, 3.8) is 0 Å². The Hall–Kier alpha value is -2.53. The lowest BCUT2D eigenvalue weighted by Crippen LogP contribution is -2.07. The van der Waals surface area contributed by atoms with Gasteiger partial charge in [0.05, 0.1) is 18.7 Å². The van der Waals surface area contributed by atoms with E-state index < -0.39 is 0 Å². The number of rotatable bonds is 6. The van der Waals surface area contributed by atoms with E-state index in [9.17, 15) is 4.79 Å². The van der Waals surface area contributed by atoms with Crippen LogP contribution in [0.4, 0.5) is 5.69 Å². The SMILES string of the molecule is CCOc1c(Cl)cc(/C=C/C(=O)Nc2ccncc2)cc1OC. The molecule has 6 heteroatoms. The molecule has 0 aliphatic heterocycles. The Morgan fingerprint density at radius 2 is 2.09 bits per heavy atom. The molecule has 2 rings (SSSR count). The minimum Gasteiger partial charge on any atom is -0.493 e. The zero-order valence-electron chi connectivity index (χ0n) is 12.9. The quantitative estimate of drug-likeness (QED) is 0.817. The second kappa shape index (κ2) is 8.19. The van der Waals surface area contributed by atoms with Crippen molar-refractivity contribution < 1.29 is 14.3 Å². The largest absolute Gasteiger partial charge is 0.493 e. The van der Waals surface area contributed by atoms with Gasteiger partial charge in [0.1, 0.15) is 0 Å². The van der Waals surface area contributed by atoms with E-state index in [1.807, 2.05) is 6.92 Å². The fourth-order valence-corrected chi connectivity index (χ4v) is 2.19. The summed E-state index contributed by atoms with van der Waals surface area (Å²) in [6.07, 6.45) is 6.29. The first-order valence-electron chi connectivity index (χ1n) is 7.03. The first-order chi connectivity index (χ1) is 11.1. The van der Waals surface area contributed by atoms with Crippen molar-refractivity contribution in [2.24, 2.45) is 0 Å². The van der Waals surface area contributed by atoms with Gasteiger partial charge < -0.3 is 14.8 Å². The maximum absolute atomic E-state index is 11.9. The first-order valence-corrected chi connectivity index (χ1v) is 7.41. The number of hydrogen-bond acceptors (Lipinski definition) is 4. The van der Waals surface area contributed by atoms with Crippen molar-refractivity contribution in [2.45, 2.75) is 6.92 Å². The highest BCUT2D eigenvalue weighted by atomic mass is 35.5. The van der Waals surface area contributed by atoms with Crippen LogP contribution in [0.25, 0.3) is 6.08 Å². The van der Waals surface area contributed by atoms with Crippen LogP contribution in [0.2, 0.25) is 5.02 Å². The highest BCUT2D eigenvalue weighted by Gasteiger charge is 2.10. The van der Waals surface area contributed by atoms with Crippen LogP contribution in [0.1, 0.15) is 12.5 Å². The molecule has 5 nitrogen and oxygen atoms in total. The molecule has 0 atom stereocenters. The monoisotopic (exact) mass is 332 g/mol. The van der Waals surface area contributed by atoms with Crippen molar-refractivity contribution in [2.75, 3.05) is 19.0 Å². The summed E-state index contributed by atoms with van der Waals surface area (Å²) in [6.45, 7) is 2.35. The van der Waals surface area contributed by atoms with E-state index in [4.69, 9.17) is 21.1 Å². The van der Waals surface area contributed by atoms with Crippen LogP contribution in [0.5, 0.6) is 11.5 Å². The van der Waals surface area contributed by atoms with Crippen LogP contribution in [0.15, 0.2) is 42.7 Å². The number of carbonyl (C=O) groups excluding carboxylic acids is 1. The van der Waals surface area contributed by atoms with Crippen molar-refractivity contribution >= 4 is 29.3 Å². The number of methoxy groups -OCH3 is 1. The number of halogens is 1. The predicted octanol–water partition coefficient (Wildman–Crippen LogP) is 3.79. The van der Waals surface area contributed by atoms with Gasteiger partial charge in [0, 0.05) is 24.2 Å². The summed E-state index contributed by atoms with van der Waals surface area (Å²) in [5.74, 6) is 0.767. The van der Waals surface area contributed by atoms with E-state index in [2.05, 4.69) is 10.3 Å². The highest BCUT2D eigenvalue weighted by Crippen LogP contribution is 2.36. The molecule has 1 heterocycles. The standard InChI is InChI=1S/C17H17ClN2O3/c1-3-23-17-14(18)10-12(11-15(17)22-2)4-5-16(21)20-13-6-8-19-9-7-13/h4-11H,3H2,1-2H3,(H,19,20,21)/b5-4+. The van der Waals surface area contributed by atoms with Gasteiger partial charge in [-0.3, -0.25) is 9.78 Å². The number of carbonyl (C=O) groups is 1. The Labute approximate surface area is 139 Å². The molecule has 1 aromatic carbocycles. The number of ether oxygens (including phenoxy) is 2. The summed E-state index contributed by atoms with van der Waals surface area (Å²) >= 11 is 6.19. The minimum absolute atomic E-state index is 0.250. The molecule has 120 valence electrons. The van der Waals surface area contributed by atoms with Crippen molar-refractivity contribution in [1.29, 1.82) is 0 Å². The van der Waals surface area contributed by atoms with E-state index >= 15 is 0 Å². The number of hydrogen-bond donors (Lipinski definition) is 1.